The van der Waals surface area contributed by atoms with Crippen LogP contribution in [0.1, 0.15) is 41.0 Å². The highest BCUT2D eigenvalue weighted by Gasteiger charge is 2.25. The van der Waals surface area contributed by atoms with Gasteiger partial charge >= 0.3 is 0 Å². The summed E-state index contributed by atoms with van der Waals surface area (Å²) in [6.07, 6.45) is 0.752. The zero-order valence-corrected chi connectivity index (χ0v) is 13.2. The van der Waals surface area contributed by atoms with Gasteiger partial charge in [-0.1, -0.05) is 34.6 Å². The summed E-state index contributed by atoms with van der Waals surface area (Å²) in [4.78, 5) is 24.1. The van der Waals surface area contributed by atoms with Crippen LogP contribution in [0, 0.1) is 17.8 Å². The molecule has 0 heterocycles. The fraction of sp³-hybridized carbons (Fsp3) is 0.857. The highest BCUT2D eigenvalue weighted by molar-refractivity contribution is 5.86. The number of hydrazine groups is 1. The molecule has 0 radical (unpaired) electrons. The lowest BCUT2D eigenvalue weighted by Crippen LogP contribution is -2.55. The minimum Gasteiger partial charge on any atom is -0.394 e. The number of carbonyl (C=O) groups excluding carboxylic acids is 2. The molecule has 2 atom stereocenters. The molecule has 6 nitrogen and oxygen atoms in total. The van der Waals surface area contributed by atoms with Crippen LogP contribution >= 0.6 is 0 Å². The molecule has 6 heteroatoms. The molecule has 0 bridgehead atoms. The summed E-state index contributed by atoms with van der Waals surface area (Å²) >= 11 is 0. The predicted molar refractivity (Wildman–Crippen MR) is 78.4 cm³/mol. The van der Waals surface area contributed by atoms with E-state index in [2.05, 4.69) is 5.43 Å². The maximum Gasteiger partial charge on any atom is 0.260 e. The summed E-state index contributed by atoms with van der Waals surface area (Å²) in [6.45, 7) is 9.73. The van der Waals surface area contributed by atoms with Crippen molar-refractivity contribution in [1.82, 2.24) is 10.4 Å². The van der Waals surface area contributed by atoms with Crippen molar-refractivity contribution in [2.24, 2.45) is 23.5 Å². The Morgan fingerprint density at radius 2 is 1.70 bits per heavy atom. The summed E-state index contributed by atoms with van der Waals surface area (Å²) in [7, 11) is 0. The summed E-state index contributed by atoms with van der Waals surface area (Å²) in [5.41, 5.74) is 8.16. The number of aliphatic hydroxyl groups excluding tert-OH is 1. The summed E-state index contributed by atoms with van der Waals surface area (Å²) in [5.74, 6) is -0.248. The predicted octanol–water partition coefficient (Wildman–Crippen LogP) is 0.504. The second-order valence-electron chi connectivity index (χ2n) is 6.14. The van der Waals surface area contributed by atoms with Crippen molar-refractivity contribution >= 4 is 11.8 Å². The van der Waals surface area contributed by atoms with Gasteiger partial charge in [-0.3, -0.25) is 20.0 Å². The molecule has 0 aromatic carbocycles. The Kier molecular flexibility index (Phi) is 8.41. The molecule has 0 aromatic heterocycles. The van der Waals surface area contributed by atoms with Crippen LogP contribution in [0.25, 0.3) is 0 Å². The summed E-state index contributed by atoms with van der Waals surface area (Å²) in [6, 6.07) is -1.01. The van der Waals surface area contributed by atoms with E-state index < -0.39 is 18.6 Å². The van der Waals surface area contributed by atoms with E-state index in [-0.39, 0.29) is 17.7 Å². The number of carbonyl (C=O) groups is 2. The van der Waals surface area contributed by atoms with E-state index in [4.69, 9.17) is 10.8 Å². The Bertz CT molecular complexity index is 319. The number of aliphatic hydroxyl groups is 1. The fourth-order valence-electron chi connectivity index (χ4n) is 1.89. The monoisotopic (exact) mass is 287 g/mol. The van der Waals surface area contributed by atoms with Crippen molar-refractivity contribution in [1.29, 1.82) is 0 Å². The first kappa shape index (κ1) is 18.9. The zero-order chi connectivity index (χ0) is 15.9. The van der Waals surface area contributed by atoms with Gasteiger partial charge in [-0.15, -0.1) is 0 Å². The lowest BCUT2D eigenvalue weighted by Gasteiger charge is -2.28. The molecule has 0 fully saturated rings. The van der Waals surface area contributed by atoms with Gasteiger partial charge in [-0.25, -0.2) is 0 Å². The molecule has 0 rings (SSSR count). The lowest BCUT2D eigenvalue weighted by molar-refractivity contribution is -0.145. The first-order valence-electron chi connectivity index (χ1n) is 7.17. The van der Waals surface area contributed by atoms with Crippen LogP contribution < -0.4 is 11.2 Å². The van der Waals surface area contributed by atoms with Crippen LogP contribution in [0.5, 0.6) is 0 Å². The topological polar surface area (TPSA) is 95.7 Å². The second-order valence-corrected chi connectivity index (χ2v) is 6.14. The van der Waals surface area contributed by atoms with Crippen molar-refractivity contribution < 1.29 is 14.7 Å². The number of hydrogen-bond acceptors (Lipinski definition) is 4. The van der Waals surface area contributed by atoms with Crippen LogP contribution in [0.2, 0.25) is 0 Å². The van der Waals surface area contributed by atoms with Gasteiger partial charge in [0.15, 0.2) is 0 Å². The normalized spacial score (nSPS) is 14.2. The maximum absolute atomic E-state index is 12.1. The quantitative estimate of drug-likeness (QED) is 0.594. The molecule has 0 aliphatic rings. The van der Waals surface area contributed by atoms with Gasteiger partial charge in [0, 0.05) is 12.5 Å². The summed E-state index contributed by atoms with van der Waals surface area (Å²) < 4.78 is 0. The van der Waals surface area contributed by atoms with Crippen LogP contribution in [0.4, 0.5) is 0 Å². The number of amides is 2. The molecule has 20 heavy (non-hydrogen) atoms. The molecule has 1 unspecified atom stereocenters. The highest BCUT2D eigenvalue weighted by atomic mass is 16.3. The van der Waals surface area contributed by atoms with Crippen molar-refractivity contribution in [3.05, 3.63) is 0 Å². The van der Waals surface area contributed by atoms with E-state index in [0.29, 0.717) is 12.5 Å². The SMILES string of the molecule is CC(C)CC(C)C(=O)NN(CC(C)C)C(=O)[C@H](N)CO. The van der Waals surface area contributed by atoms with Gasteiger partial charge in [0.1, 0.15) is 6.04 Å². The number of hydrogen-bond donors (Lipinski definition) is 3. The van der Waals surface area contributed by atoms with E-state index in [1.54, 1.807) is 0 Å². The van der Waals surface area contributed by atoms with Crippen molar-refractivity contribution in [2.75, 3.05) is 13.2 Å². The molecule has 2 amide bonds. The Balaban J connectivity index is 4.72. The van der Waals surface area contributed by atoms with E-state index >= 15 is 0 Å². The van der Waals surface area contributed by atoms with E-state index in [9.17, 15) is 9.59 Å². The van der Waals surface area contributed by atoms with Crippen molar-refractivity contribution in [3.63, 3.8) is 0 Å². The molecular formula is C14H29N3O3. The molecule has 0 aliphatic heterocycles. The molecule has 0 saturated heterocycles. The molecule has 118 valence electrons. The van der Waals surface area contributed by atoms with Crippen molar-refractivity contribution in [2.45, 2.75) is 47.1 Å². The standard InChI is InChI=1S/C14H29N3O3/c1-9(2)6-11(5)13(19)16-17(7-10(3)4)14(20)12(15)8-18/h9-12,18H,6-8,15H2,1-5H3,(H,16,19)/t11?,12-/m1/s1. The van der Waals surface area contributed by atoms with Crippen LogP contribution in [-0.2, 0) is 9.59 Å². The van der Waals surface area contributed by atoms with Crippen LogP contribution in [0.15, 0.2) is 0 Å². The molecular weight excluding hydrogens is 258 g/mol. The Morgan fingerprint density at radius 1 is 1.15 bits per heavy atom. The smallest absolute Gasteiger partial charge is 0.260 e. The van der Waals surface area contributed by atoms with Gasteiger partial charge in [0.2, 0.25) is 5.91 Å². The Hall–Kier alpha value is -1.14. The highest BCUT2D eigenvalue weighted by Crippen LogP contribution is 2.11. The third-order valence-electron chi connectivity index (χ3n) is 2.85. The maximum atomic E-state index is 12.1. The average Bonchev–Trinajstić information content (AvgIpc) is 2.34. The second kappa shape index (κ2) is 8.92. The van der Waals surface area contributed by atoms with E-state index in [0.717, 1.165) is 6.42 Å². The number of nitrogens with two attached hydrogens (primary N) is 1. The zero-order valence-electron chi connectivity index (χ0n) is 13.2. The minimum atomic E-state index is -1.01. The van der Waals surface area contributed by atoms with Crippen LogP contribution in [0.3, 0.4) is 0 Å². The molecule has 0 spiro atoms. The largest absolute Gasteiger partial charge is 0.394 e. The molecule has 4 N–H and O–H groups in total. The third-order valence-corrected chi connectivity index (χ3v) is 2.85. The van der Waals surface area contributed by atoms with E-state index in [1.165, 1.54) is 5.01 Å². The Labute approximate surface area is 121 Å². The third kappa shape index (κ3) is 6.86. The fourth-order valence-corrected chi connectivity index (χ4v) is 1.89. The van der Waals surface area contributed by atoms with Gasteiger partial charge < -0.3 is 10.8 Å². The van der Waals surface area contributed by atoms with Crippen molar-refractivity contribution in [3.8, 4) is 0 Å². The van der Waals surface area contributed by atoms with Gasteiger partial charge in [-0.2, -0.15) is 0 Å². The van der Waals surface area contributed by atoms with Gasteiger partial charge in [-0.05, 0) is 18.3 Å². The molecule has 0 aromatic rings. The van der Waals surface area contributed by atoms with Gasteiger partial charge in [0.05, 0.1) is 6.61 Å². The number of nitrogens with zero attached hydrogens (tertiary/aromatic N) is 1. The molecule has 0 aliphatic carbocycles. The molecule has 0 saturated carbocycles. The minimum absolute atomic E-state index is 0.178. The van der Waals surface area contributed by atoms with E-state index in [1.807, 2.05) is 34.6 Å². The summed E-state index contributed by atoms with van der Waals surface area (Å²) in [5, 5.41) is 10.2. The van der Waals surface area contributed by atoms with Gasteiger partial charge in [0.25, 0.3) is 5.91 Å². The average molecular weight is 287 g/mol. The Morgan fingerprint density at radius 3 is 2.10 bits per heavy atom. The first-order chi connectivity index (χ1) is 9.18. The first-order valence-corrected chi connectivity index (χ1v) is 7.17. The number of rotatable bonds is 7. The van der Waals surface area contributed by atoms with Crippen LogP contribution in [-0.4, -0.2) is 41.1 Å². The lowest BCUT2D eigenvalue weighted by atomic mass is 9.98. The number of nitrogens with one attached hydrogen (secondary N) is 1.